The molecule has 0 radical (unpaired) electrons. The summed E-state index contributed by atoms with van der Waals surface area (Å²) < 4.78 is 0. The number of hydrogen-bond donors (Lipinski definition) is 3. The van der Waals surface area contributed by atoms with Crippen LogP contribution in [0, 0.1) is 0 Å². The molecule has 4 N–H and O–H groups in total. The van der Waals surface area contributed by atoms with E-state index < -0.39 is 5.91 Å². The molecule has 120 valence electrons. The third-order valence-corrected chi connectivity index (χ3v) is 3.50. The number of amides is 3. The maximum atomic E-state index is 11.5. The van der Waals surface area contributed by atoms with Crippen LogP contribution in [0.5, 0.6) is 0 Å². The maximum absolute atomic E-state index is 11.5. The average Bonchev–Trinajstić information content (AvgIpc) is 2.61. The van der Waals surface area contributed by atoms with E-state index in [2.05, 4.69) is 20.6 Å². The first kappa shape index (κ1) is 15.4. The monoisotopic (exact) mass is 321 g/mol. The van der Waals surface area contributed by atoms with Gasteiger partial charge in [-0.1, -0.05) is 18.2 Å². The number of fused-ring (bicyclic) bond motifs is 1. The van der Waals surface area contributed by atoms with E-state index in [4.69, 9.17) is 5.73 Å². The summed E-state index contributed by atoms with van der Waals surface area (Å²) in [6.07, 6.45) is 1.63. The standard InChI is InChI=1S/C17H15N5O2/c1-19-17(24)21-11-7-5-10(6-8-11)14-9-20-13-4-2-3-12(16(18)23)15(13)22-14/h2-9H,1H3,(H2,18,23)(H2,19,21,24). The van der Waals surface area contributed by atoms with Gasteiger partial charge in [0.15, 0.2) is 0 Å². The molecule has 0 bridgehead atoms. The van der Waals surface area contributed by atoms with Gasteiger partial charge in [0.25, 0.3) is 5.91 Å². The second kappa shape index (κ2) is 6.33. The van der Waals surface area contributed by atoms with Gasteiger partial charge in [0.2, 0.25) is 0 Å². The molecular formula is C17H15N5O2. The van der Waals surface area contributed by atoms with Crippen LogP contribution in [0.4, 0.5) is 10.5 Å². The molecule has 0 atom stereocenters. The molecule has 0 aliphatic heterocycles. The lowest BCUT2D eigenvalue weighted by Crippen LogP contribution is -2.24. The summed E-state index contributed by atoms with van der Waals surface area (Å²) in [5.41, 5.74) is 8.88. The third kappa shape index (κ3) is 3.00. The van der Waals surface area contributed by atoms with Crippen molar-refractivity contribution in [3.8, 4) is 11.3 Å². The highest BCUT2D eigenvalue weighted by molar-refractivity contribution is 6.04. The van der Waals surface area contributed by atoms with Crippen molar-refractivity contribution in [1.82, 2.24) is 15.3 Å². The summed E-state index contributed by atoms with van der Waals surface area (Å²) >= 11 is 0. The van der Waals surface area contributed by atoms with Crippen LogP contribution in [-0.2, 0) is 0 Å². The number of nitrogens with one attached hydrogen (secondary N) is 2. The first-order chi connectivity index (χ1) is 11.6. The summed E-state index contributed by atoms with van der Waals surface area (Å²) in [5, 5.41) is 5.16. The fourth-order valence-corrected chi connectivity index (χ4v) is 2.29. The summed E-state index contributed by atoms with van der Waals surface area (Å²) in [6.45, 7) is 0. The van der Waals surface area contributed by atoms with Crippen molar-refractivity contribution >= 4 is 28.7 Å². The fourth-order valence-electron chi connectivity index (χ4n) is 2.29. The van der Waals surface area contributed by atoms with E-state index in [0.717, 1.165) is 5.56 Å². The van der Waals surface area contributed by atoms with Crippen LogP contribution < -0.4 is 16.4 Å². The van der Waals surface area contributed by atoms with Gasteiger partial charge in [-0.2, -0.15) is 0 Å². The van der Waals surface area contributed by atoms with E-state index in [1.54, 1.807) is 43.6 Å². The largest absolute Gasteiger partial charge is 0.366 e. The number of rotatable bonds is 3. The van der Waals surface area contributed by atoms with Crippen molar-refractivity contribution in [3.05, 3.63) is 54.2 Å². The van der Waals surface area contributed by atoms with Crippen molar-refractivity contribution in [1.29, 1.82) is 0 Å². The Kier molecular flexibility index (Phi) is 4.07. The van der Waals surface area contributed by atoms with Gasteiger partial charge in [0.05, 0.1) is 23.0 Å². The lowest BCUT2D eigenvalue weighted by Gasteiger charge is -2.07. The molecule has 0 aliphatic rings. The van der Waals surface area contributed by atoms with Crippen LogP contribution in [0.1, 0.15) is 10.4 Å². The van der Waals surface area contributed by atoms with Crippen LogP contribution in [0.25, 0.3) is 22.3 Å². The van der Waals surface area contributed by atoms with Crippen molar-refractivity contribution in [3.63, 3.8) is 0 Å². The predicted molar refractivity (Wildman–Crippen MR) is 91.6 cm³/mol. The molecule has 1 aromatic heterocycles. The van der Waals surface area contributed by atoms with Crippen molar-refractivity contribution in [2.75, 3.05) is 12.4 Å². The highest BCUT2D eigenvalue weighted by Gasteiger charge is 2.10. The number of benzene rings is 2. The number of aromatic nitrogens is 2. The van der Waals surface area contributed by atoms with Gasteiger partial charge >= 0.3 is 6.03 Å². The number of nitrogens with zero attached hydrogens (tertiary/aromatic N) is 2. The normalized spacial score (nSPS) is 10.4. The van der Waals surface area contributed by atoms with Crippen LogP contribution in [0.3, 0.4) is 0 Å². The molecule has 0 saturated carbocycles. The Bertz CT molecular complexity index is 922. The Morgan fingerprint density at radius 2 is 1.83 bits per heavy atom. The minimum absolute atomic E-state index is 0.292. The Labute approximate surface area is 137 Å². The van der Waals surface area contributed by atoms with E-state index >= 15 is 0 Å². The summed E-state index contributed by atoms with van der Waals surface area (Å²) in [6, 6.07) is 12.0. The lowest BCUT2D eigenvalue weighted by molar-refractivity contribution is 0.100. The summed E-state index contributed by atoms with van der Waals surface area (Å²) in [7, 11) is 1.55. The Balaban J connectivity index is 1.99. The number of urea groups is 1. The molecule has 24 heavy (non-hydrogen) atoms. The molecule has 0 saturated heterocycles. The number of hydrogen-bond acceptors (Lipinski definition) is 4. The highest BCUT2D eigenvalue weighted by atomic mass is 16.2. The Hall–Kier alpha value is -3.48. The Morgan fingerprint density at radius 1 is 1.08 bits per heavy atom. The van der Waals surface area contributed by atoms with E-state index in [0.29, 0.717) is 28.0 Å². The van der Waals surface area contributed by atoms with Crippen LogP contribution in [-0.4, -0.2) is 29.0 Å². The number of primary amides is 1. The second-order valence-corrected chi connectivity index (χ2v) is 5.07. The third-order valence-electron chi connectivity index (χ3n) is 3.50. The molecule has 3 rings (SSSR count). The minimum atomic E-state index is -0.544. The molecule has 3 aromatic rings. The summed E-state index contributed by atoms with van der Waals surface area (Å²) in [5.74, 6) is -0.544. The maximum Gasteiger partial charge on any atom is 0.318 e. The van der Waals surface area contributed by atoms with Crippen LogP contribution in [0.2, 0.25) is 0 Å². The lowest BCUT2D eigenvalue weighted by atomic mass is 10.1. The van der Waals surface area contributed by atoms with Gasteiger partial charge in [0.1, 0.15) is 5.52 Å². The van der Waals surface area contributed by atoms with E-state index in [1.165, 1.54) is 0 Å². The van der Waals surface area contributed by atoms with Gasteiger partial charge in [0, 0.05) is 18.3 Å². The number of carbonyl (C=O) groups is 2. The average molecular weight is 321 g/mol. The zero-order chi connectivity index (χ0) is 17.1. The first-order valence-corrected chi connectivity index (χ1v) is 7.23. The molecule has 2 aromatic carbocycles. The van der Waals surface area contributed by atoms with Crippen LogP contribution >= 0.6 is 0 Å². The zero-order valence-electron chi connectivity index (χ0n) is 12.9. The summed E-state index contributed by atoms with van der Waals surface area (Å²) in [4.78, 5) is 31.7. The van der Waals surface area contributed by atoms with Crippen molar-refractivity contribution < 1.29 is 9.59 Å². The number of nitrogens with two attached hydrogens (primary N) is 1. The van der Waals surface area contributed by atoms with Crippen LogP contribution in [0.15, 0.2) is 48.7 Å². The second-order valence-electron chi connectivity index (χ2n) is 5.07. The van der Waals surface area contributed by atoms with Crippen molar-refractivity contribution in [2.24, 2.45) is 5.73 Å². The number of anilines is 1. The van der Waals surface area contributed by atoms with E-state index in [9.17, 15) is 9.59 Å². The predicted octanol–water partition coefficient (Wildman–Crippen LogP) is 2.15. The zero-order valence-corrected chi connectivity index (χ0v) is 12.9. The molecule has 0 spiro atoms. The molecule has 0 aliphatic carbocycles. The molecule has 0 fully saturated rings. The molecule has 7 heteroatoms. The molecule has 3 amide bonds. The molecular weight excluding hydrogens is 306 g/mol. The highest BCUT2D eigenvalue weighted by Crippen LogP contribution is 2.22. The van der Waals surface area contributed by atoms with E-state index in [-0.39, 0.29) is 6.03 Å². The number of carbonyl (C=O) groups excluding carboxylic acids is 2. The van der Waals surface area contributed by atoms with Gasteiger partial charge in [-0.25, -0.2) is 9.78 Å². The van der Waals surface area contributed by atoms with Gasteiger partial charge < -0.3 is 16.4 Å². The number of para-hydroxylation sites is 1. The van der Waals surface area contributed by atoms with Gasteiger partial charge in [-0.05, 0) is 24.3 Å². The van der Waals surface area contributed by atoms with Gasteiger partial charge in [-0.3, -0.25) is 9.78 Å². The Morgan fingerprint density at radius 3 is 2.50 bits per heavy atom. The van der Waals surface area contributed by atoms with E-state index in [1.807, 2.05) is 12.1 Å². The molecule has 0 unspecified atom stereocenters. The molecule has 1 heterocycles. The van der Waals surface area contributed by atoms with Gasteiger partial charge in [-0.15, -0.1) is 0 Å². The minimum Gasteiger partial charge on any atom is -0.366 e. The SMILES string of the molecule is CNC(=O)Nc1ccc(-c2cnc3cccc(C(N)=O)c3n2)cc1. The quantitative estimate of drug-likeness (QED) is 0.686. The van der Waals surface area contributed by atoms with Crippen molar-refractivity contribution in [2.45, 2.75) is 0 Å². The smallest absolute Gasteiger partial charge is 0.318 e. The fraction of sp³-hybridized carbons (Fsp3) is 0.0588. The first-order valence-electron chi connectivity index (χ1n) is 7.23. The molecule has 7 nitrogen and oxygen atoms in total. The topological polar surface area (TPSA) is 110 Å².